The molecule has 0 spiro atoms. The summed E-state index contributed by atoms with van der Waals surface area (Å²) in [4.78, 5) is 25.7. The van der Waals surface area contributed by atoms with Gasteiger partial charge in [-0.25, -0.2) is 13.2 Å². The minimum Gasteiger partial charge on any atom is -0.478 e. The first kappa shape index (κ1) is 19.6. The van der Waals surface area contributed by atoms with E-state index in [2.05, 4.69) is 6.58 Å². The third-order valence-corrected chi connectivity index (χ3v) is 7.28. The molecule has 1 amide bonds. The molecule has 0 aromatic heterocycles. The highest BCUT2D eigenvalue weighted by molar-refractivity contribution is 7.89. The van der Waals surface area contributed by atoms with E-state index in [1.54, 1.807) is 0 Å². The Hall–Kier alpha value is -2.19. The van der Waals surface area contributed by atoms with Crippen LogP contribution in [0, 0.1) is 5.92 Å². The molecule has 1 aromatic carbocycles. The fourth-order valence-electron chi connectivity index (χ4n) is 3.65. The van der Waals surface area contributed by atoms with Crippen molar-refractivity contribution in [3.8, 4) is 0 Å². The lowest BCUT2D eigenvalue weighted by Crippen LogP contribution is -2.46. The predicted molar refractivity (Wildman–Crippen MR) is 99.8 cm³/mol. The molecule has 0 saturated carbocycles. The smallest absolute Gasteiger partial charge is 0.337 e. The first-order valence-corrected chi connectivity index (χ1v) is 10.5. The van der Waals surface area contributed by atoms with Crippen molar-refractivity contribution >= 4 is 21.9 Å². The molecule has 0 unspecified atom stereocenters. The summed E-state index contributed by atoms with van der Waals surface area (Å²) in [7, 11) is -3.90. The molecule has 1 aromatic rings. The second-order valence-corrected chi connectivity index (χ2v) is 8.96. The van der Waals surface area contributed by atoms with Gasteiger partial charge in [-0.05, 0) is 37.8 Å². The lowest BCUT2D eigenvalue weighted by molar-refractivity contribution is -0.137. The van der Waals surface area contributed by atoms with E-state index >= 15 is 0 Å². The zero-order valence-electron chi connectivity index (χ0n) is 15.1. The number of nitrogens with zero attached hydrogens (tertiary/aromatic N) is 2. The first-order valence-electron chi connectivity index (χ1n) is 9.08. The van der Waals surface area contributed by atoms with Crippen LogP contribution >= 0.6 is 0 Å². The van der Waals surface area contributed by atoms with E-state index in [0.717, 1.165) is 18.4 Å². The number of carbonyl (C=O) groups excluding carboxylic acids is 1. The van der Waals surface area contributed by atoms with Crippen LogP contribution in [-0.2, 0) is 14.8 Å². The summed E-state index contributed by atoms with van der Waals surface area (Å²) in [6.45, 7) is 5.75. The van der Waals surface area contributed by atoms with Crippen molar-refractivity contribution in [1.29, 1.82) is 0 Å². The highest BCUT2D eigenvalue weighted by Gasteiger charge is 2.35. The normalized spacial score (nSPS) is 19.9. The molecule has 2 heterocycles. The Bertz CT molecular complexity index is 847. The zero-order chi connectivity index (χ0) is 19.6. The Morgan fingerprint density at radius 1 is 1.04 bits per heavy atom. The molecule has 8 heteroatoms. The monoisotopic (exact) mass is 392 g/mol. The van der Waals surface area contributed by atoms with Gasteiger partial charge < -0.3 is 10.0 Å². The van der Waals surface area contributed by atoms with Gasteiger partial charge in [0, 0.05) is 32.1 Å². The summed E-state index contributed by atoms with van der Waals surface area (Å²) in [5.74, 6) is -1.37. The number of carbonyl (C=O) groups is 2. The van der Waals surface area contributed by atoms with Crippen LogP contribution in [0.3, 0.4) is 0 Å². The molecule has 7 nitrogen and oxygen atoms in total. The minimum absolute atomic E-state index is 0.0884. The third-order valence-electron chi connectivity index (χ3n) is 5.32. The van der Waals surface area contributed by atoms with Crippen molar-refractivity contribution in [1.82, 2.24) is 9.21 Å². The van der Waals surface area contributed by atoms with E-state index < -0.39 is 16.0 Å². The molecule has 2 aliphatic heterocycles. The number of piperidine rings is 2. The van der Waals surface area contributed by atoms with Crippen LogP contribution in [0.4, 0.5) is 0 Å². The van der Waals surface area contributed by atoms with Gasteiger partial charge in [-0.1, -0.05) is 24.3 Å². The summed E-state index contributed by atoms with van der Waals surface area (Å²) >= 11 is 0. The fraction of sp³-hybridized carbons (Fsp3) is 0.474. The standard InChI is InChI=1S/C19H24N2O5S/c1-14-6-10-20(11-7-14)18(22)15-8-12-21(13-9-15)27(25,26)17-5-3-2-4-16(17)19(23)24/h2-5,15H,1,6-13H2,(H,23,24). The van der Waals surface area contributed by atoms with Gasteiger partial charge in [-0.3, -0.25) is 4.79 Å². The maximum absolute atomic E-state index is 12.9. The Morgan fingerprint density at radius 3 is 2.22 bits per heavy atom. The van der Waals surface area contributed by atoms with Gasteiger partial charge in [-0.2, -0.15) is 4.31 Å². The van der Waals surface area contributed by atoms with Crippen LogP contribution in [0.5, 0.6) is 0 Å². The van der Waals surface area contributed by atoms with Crippen LogP contribution in [0.25, 0.3) is 0 Å². The molecule has 3 rings (SSSR count). The molecule has 1 N–H and O–H groups in total. The molecule has 27 heavy (non-hydrogen) atoms. The number of likely N-dealkylation sites (tertiary alicyclic amines) is 1. The van der Waals surface area contributed by atoms with E-state index in [1.807, 2.05) is 4.90 Å². The van der Waals surface area contributed by atoms with Gasteiger partial charge >= 0.3 is 5.97 Å². The van der Waals surface area contributed by atoms with Gasteiger partial charge in [0.05, 0.1) is 10.5 Å². The summed E-state index contributed by atoms with van der Waals surface area (Å²) in [6, 6.07) is 5.62. The van der Waals surface area contributed by atoms with Crippen LogP contribution < -0.4 is 0 Å². The van der Waals surface area contributed by atoms with Crippen molar-refractivity contribution < 1.29 is 23.1 Å². The average molecular weight is 392 g/mol. The first-order chi connectivity index (χ1) is 12.8. The summed E-state index contributed by atoms with van der Waals surface area (Å²) in [5.41, 5.74) is 0.932. The van der Waals surface area contributed by atoms with Gasteiger partial charge in [0.15, 0.2) is 0 Å². The van der Waals surface area contributed by atoms with Crippen LogP contribution in [0.2, 0.25) is 0 Å². The van der Waals surface area contributed by atoms with Crippen LogP contribution in [0.1, 0.15) is 36.0 Å². The maximum atomic E-state index is 12.9. The van der Waals surface area contributed by atoms with E-state index in [0.29, 0.717) is 25.9 Å². The van der Waals surface area contributed by atoms with Crippen LogP contribution in [-0.4, -0.2) is 60.8 Å². The number of carboxylic acids is 1. The molecule has 2 aliphatic rings. The SMILES string of the molecule is C=C1CCN(C(=O)C2CCN(S(=O)(=O)c3ccccc3C(=O)O)CC2)CC1. The number of aromatic carboxylic acids is 1. The number of hydrogen-bond donors (Lipinski definition) is 1. The predicted octanol–water partition coefficient (Wildman–Crippen LogP) is 1.96. The van der Waals surface area contributed by atoms with Gasteiger partial charge in [0.1, 0.15) is 0 Å². The second-order valence-electron chi connectivity index (χ2n) is 7.05. The molecule has 0 bridgehead atoms. The van der Waals surface area contributed by atoms with Crippen LogP contribution in [0.15, 0.2) is 41.3 Å². The minimum atomic E-state index is -3.90. The Kier molecular flexibility index (Phi) is 5.67. The second kappa shape index (κ2) is 7.82. The van der Waals surface area contributed by atoms with Crippen molar-refractivity contribution in [2.75, 3.05) is 26.2 Å². The molecule has 146 valence electrons. The highest BCUT2D eigenvalue weighted by atomic mass is 32.2. The number of rotatable bonds is 4. The molecule has 0 atom stereocenters. The summed E-state index contributed by atoms with van der Waals surface area (Å²) < 4.78 is 27.1. The summed E-state index contributed by atoms with van der Waals surface area (Å²) in [5, 5.41) is 9.27. The molecule has 0 radical (unpaired) electrons. The highest BCUT2D eigenvalue weighted by Crippen LogP contribution is 2.28. The molecular weight excluding hydrogens is 368 g/mol. The Morgan fingerprint density at radius 2 is 1.63 bits per heavy atom. The van der Waals surface area contributed by atoms with E-state index in [-0.39, 0.29) is 35.4 Å². The lowest BCUT2D eigenvalue weighted by Gasteiger charge is -2.35. The quantitative estimate of drug-likeness (QED) is 0.791. The maximum Gasteiger partial charge on any atom is 0.337 e. The van der Waals surface area contributed by atoms with E-state index in [9.17, 15) is 23.1 Å². The van der Waals surface area contributed by atoms with E-state index in [4.69, 9.17) is 0 Å². The molecule has 2 fully saturated rings. The number of sulfonamides is 1. The lowest BCUT2D eigenvalue weighted by atomic mass is 9.95. The number of carboxylic acid groups (broad SMARTS) is 1. The van der Waals surface area contributed by atoms with Crippen molar-refractivity contribution in [3.05, 3.63) is 42.0 Å². The number of benzene rings is 1. The topological polar surface area (TPSA) is 95.0 Å². The summed E-state index contributed by atoms with van der Waals surface area (Å²) in [6.07, 6.45) is 2.55. The largest absolute Gasteiger partial charge is 0.478 e. The molecule has 0 aliphatic carbocycles. The van der Waals surface area contributed by atoms with Gasteiger partial charge in [0.2, 0.25) is 15.9 Å². The van der Waals surface area contributed by atoms with Crippen molar-refractivity contribution in [3.63, 3.8) is 0 Å². The fourth-order valence-corrected chi connectivity index (χ4v) is 5.31. The molecule has 2 saturated heterocycles. The van der Waals surface area contributed by atoms with Gasteiger partial charge in [0.25, 0.3) is 0 Å². The Labute approximate surface area is 159 Å². The van der Waals surface area contributed by atoms with E-state index in [1.165, 1.54) is 28.6 Å². The van der Waals surface area contributed by atoms with Crippen molar-refractivity contribution in [2.24, 2.45) is 5.92 Å². The zero-order valence-corrected chi connectivity index (χ0v) is 16.0. The number of hydrogen-bond acceptors (Lipinski definition) is 4. The van der Waals surface area contributed by atoms with Crippen molar-refractivity contribution in [2.45, 2.75) is 30.6 Å². The molecular formula is C19H24N2O5S. The van der Waals surface area contributed by atoms with Gasteiger partial charge in [-0.15, -0.1) is 0 Å². The third kappa shape index (κ3) is 4.06. The number of amides is 1. The average Bonchev–Trinajstić information content (AvgIpc) is 2.68. The Balaban J connectivity index is 1.67.